The van der Waals surface area contributed by atoms with Crippen LogP contribution in [0.15, 0.2) is 27.7 Å². The molecule has 14 heavy (non-hydrogen) atoms. The quantitative estimate of drug-likeness (QED) is 0.836. The Kier molecular flexibility index (Phi) is 2.79. The summed E-state index contributed by atoms with van der Waals surface area (Å²) >= 11 is 9.58. The van der Waals surface area contributed by atoms with E-state index in [4.69, 9.17) is 11.6 Å². The molecular formula is C10H10BrClN2. The van der Waals surface area contributed by atoms with E-state index in [2.05, 4.69) is 33.2 Å². The fraction of sp³-hybridized carbons (Fsp3) is 0.300. The molecule has 1 unspecified atom stereocenters. The van der Waals surface area contributed by atoms with Gasteiger partial charge in [-0.25, -0.2) is 0 Å². The van der Waals surface area contributed by atoms with Crippen LogP contribution in [0.2, 0.25) is 5.02 Å². The summed E-state index contributed by atoms with van der Waals surface area (Å²) in [7, 11) is 0. The van der Waals surface area contributed by atoms with Gasteiger partial charge in [-0.1, -0.05) is 17.7 Å². The Morgan fingerprint density at radius 2 is 2.36 bits per heavy atom. The Morgan fingerprint density at radius 1 is 1.57 bits per heavy atom. The fourth-order valence-electron chi connectivity index (χ4n) is 1.43. The van der Waals surface area contributed by atoms with Crippen LogP contribution < -0.4 is 5.32 Å². The second-order valence-corrected chi connectivity index (χ2v) is 4.59. The van der Waals surface area contributed by atoms with Gasteiger partial charge in [0.25, 0.3) is 0 Å². The Balaban J connectivity index is 2.42. The number of halogens is 2. The molecule has 0 aromatic heterocycles. The van der Waals surface area contributed by atoms with Crippen molar-refractivity contribution in [2.75, 3.05) is 6.54 Å². The van der Waals surface area contributed by atoms with E-state index >= 15 is 0 Å². The van der Waals surface area contributed by atoms with Gasteiger partial charge in [0.15, 0.2) is 0 Å². The van der Waals surface area contributed by atoms with Gasteiger partial charge in [0.2, 0.25) is 0 Å². The van der Waals surface area contributed by atoms with E-state index in [1.807, 2.05) is 18.2 Å². The maximum absolute atomic E-state index is 6.11. The van der Waals surface area contributed by atoms with Crippen molar-refractivity contribution in [3.8, 4) is 0 Å². The SMILES string of the molecule is CC1CN=C(c2c(Cl)cccc2Br)N1. The van der Waals surface area contributed by atoms with Crippen molar-refractivity contribution in [3.05, 3.63) is 33.3 Å². The molecule has 0 fully saturated rings. The van der Waals surface area contributed by atoms with Gasteiger partial charge in [0, 0.05) is 16.1 Å². The third kappa shape index (κ3) is 1.79. The molecular weight excluding hydrogens is 263 g/mol. The summed E-state index contributed by atoms with van der Waals surface area (Å²) in [5, 5.41) is 4.01. The first-order valence-corrected chi connectivity index (χ1v) is 5.61. The van der Waals surface area contributed by atoms with Crippen LogP contribution in [0.3, 0.4) is 0 Å². The van der Waals surface area contributed by atoms with Gasteiger partial charge in [-0.3, -0.25) is 4.99 Å². The van der Waals surface area contributed by atoms with Gasteiger partial charge in [0.1, 0.15) is 5.84 Å². The van der Waals surface area contributed by atoms with Crippen LogP contribution in [0, 0.1) is 0 Å². The van der Waals surface area contributed by atoms with Crippen LogP contribution in [0.5, 0.6) is 0 Å². The molecule has 74 valence electrons. The maximum Gasteiger partial charge on any atom is 0.131 e. The third-order valence-electron chi connectivity index (χ3n) is 2.11. The van der Waals surface area contributed by atoms with Gasteiger partial charge >= 0.3 is 0 Å². The number of aliphatic imine (C=N–C) groups is 1. The van der Waals surface area contributed by atoms with Crippen molar-refractivity contribution < 1.29 is 0 Å². The van der Waals surface area contributed by atoms with E-state index in [1.54, 1.807) is 0 Å². The minimum absolute atomic E-state index is 0.396. The number of hydrogen-bond donors (Lipinski definition) is 1. The minimum Gasteiger partial charge on any atom is -0.365 e. The summed E-state index contributed by atoms with van der Waals surface area (Å²) in [5.74, 6) is 0.884. The fourth-order valence-corrected chi connectivity index (χ4v) is 2.36. The summed E-state index contributed by atoms with van der Waals surface area (Å²) in [6.07, 6.45) is 0. The molecule has 1 aliphatic heterocycles. The van der Waals surface area contributed by atoms with Crippen LogP contribution in [0.1, 0.15) is 12.5 Å². The number of benzene rings is 1. The Bertz CT molecular complexity index is 369. The number of rotatable bonds is 1. The van der Waals surface area contributed by atoms with Crippen LogP contribution in [0.25, 0.3) is 0 Å². The largest absolute Gasteiger partial charge is 0.365 e. The zero-order valence-electron chi connectivity index (χ0n) is 7.72. The lowest BCUT2D eigenvalue weighted by Gasteiger charge is -2.09. The second kappa shape index (κ2) is 3.91. The molecule has 2 nitrogen and oxygen atoms in total. The van der Waals surface area contributed by atoms with Crippen LogP contribution in [0.4, 0.5) is 0 Å². The second-order valence-electron chi connectivity index (χ2n) is 3.33. The number of hydrogen-bond acceptors (Lipinski definition) is 2. The molecule has 0 amide bonds. The van der Waals surface area contributed by atoms with Crippen LogP contribution >= 0.6 is 27.5 Å². The van der Waals surface area contributed by atoms with Crippen molar-refractivity contribution >= 4 is 33.4 Å². The van der Waals surface area contributed by atoms with Crippen LogP contribution in [-0.2, 0) is 0 Å². The Labute approximate surface area is 96.5 Å². The summed E-state index contributed by atoms with van der Waals surface area (Å²) in [4.78, 5) is 4.40. The monoisotopic (exact) mass is 272 g/mol. The zero-order chi connectivity index (χ0) is 10.1. The molecule has 4 heteroatoms. The van der Waals surface area contributed by atoms with Gasteiger partial charge in [0.05, 0.1) is 11.6 Å². The third-order valence-corrected chi connectivity index (χ3v) is 3.08. The number of nitrogens with zero attached hydrogens (tertiary/aromatic N) is 1. The van der Waals surface area contributed by atoms with E-state index in [0.29, 0.717) is 6.04 Å². The summed E-state index contributed by atoms with van der Waals surface area (Å²) in [6.45, 7) is 2.91. The smallest absolute Gasteiger partial charge is 0.131 e. The average Bonchev–Trinajstić information content (AvgIpc) is 2.51. The Morgan fingerprint density at radius 3 is 2.93 bits per heavy atom. The predicted octanol–water partition coefficient (Wildman–Crippen LogP) is 2.84. The molecule has 1 aromatic carbocycles. The minimum atomic E-state index is 0.396. The highest BCUT2D eigenvalue weighted by molar-refractivity contribution is 9.10. The molecule has 1 atom stereocenters. The van der Waals surface area contributed by atoms with E-state index < -0.39 is 0 Å². The maximum atomic E-state index is 6.11. The van der Waals surface area contributed by atoms with Crippen molar-refractivity contribution in [3.63, 3.8) is 0 Å². The molecule has 0 bridgehead atoms. The van der Waals surface area contributed by atoms with Gasteiger partial charge in [-0.2, -0.15) is 0 Å². The van der Waals surface area contributed by atoms with Crippen molar-refractivity contribution in [2.45, 2.75) is 13.0 Å². The van der Waals surface area contributed by atoms with Crippen molar-refractivity contribution in [1.82, 2.24) is 5.32 Å². The first-order chi connectivity index (χ1) is 6.68. The molecule has 0 radical (unpaired) electrons. The highest BCUT2D eigenvalue weighted by Gasteiger charge is 2.18. The lowest BCUT2D eigenvalue weighted by atomic mass is 10.2. The van der Waals surface area contributed by atoms with E-state index in [9.17, 15) is 0 Å². The zero-order valence-corrected chi connectivity index (χ0v) is 10.1. The lowest BCUT2D eigenvalue weighted by molar-refractivity contribution is 0.726. The normalized spacial score (nSPS) is 20.5. The molecule has 1 aromatic rings. The average molecular weight is 274 g/mol. The molecule has 2 rings (SSSR count). The molecule has 0 spiro atoms. The van der Waals surface area contributed by atoms with Gasteiger partial charge < -0.3 is 5.32 Å². The van der Waals surface area contributed by atoms with E-state index in [-0.39, 0.29) is 0 Å². The molecule has 1 N–H and O–H groups in total. The van der Waals surface area contributed by atoms with Gasteiger partial charge in [-0.05, 0) is 35.0 Å². The van der Waals surface area contributed by atoms with E-state index in [1.165, 1.54) is 0 Å². The first-order valence-electron chi connectivity index (χ1n) is 4.44. The predicted molar refractivity (Wildman–Crippen MR) is 63.2 cm³/mol. The highest BCUT2D eigenvalue weighted by atomic mass is 79.9. The lowest BCUT2D eigenvalue weighted by Crippen LogP contribution is -2.28. The molecule has 0 aliphatic carbocycles. The Hall–Kier alpha value is -0.540. The summed E-state index contributed by atoms with van der Waals surface area (Å²) < 4.78 is 0.977. The number of nitrogens with one attached hydrogen (secondary N) is 1. The summed E-state index contributed by atoms with van der Waals surface area (Å²) in [6, 6.07) is 6.14. The molecule has 1 heterocycles. The van der Waals surface area contributed by atoms with Crippen molar-refractivity contribution in [1.29, 1.82) is 0 Å². The standard InChI is InChI=1S/C10H10BrClN2/c1-6-5-13-10(14-6)9-7(11)3-2-4-8(9)12/h2-4,6H,5H2,1H3,(H,13,14). The summed E-state index contributed by atoms with van der Waals surface area (Å²) in [5.41, 5.74) is 0.957. The topological polar surface area (TPSA) is 24.4 Å². The number of amidine groups is 1. The highest BCUT2D eigenvalue weighted by Crippen LogP contribution is 2.25. The van der Waals surface area contributed by atoms with Crippen LogP contribution in [-0.4, -0.2) is 18.4 Å². The first kappa shape index (κ1) is 9.99. The molecule has 0 saturated heterocycles. The van der Waals surface area contributed by atoms with Crippen molar-refractivity contribution in [2.24, 2.45) is 4.99 Å². The van der Waals surface area contributed by atoms with E-state index in [0.717, 1.165) is 27.4 Å². The van der Waals surface area contributed by atoms with Gasteiger partial charge in [-0.15, -0.1) is 0 Å². The molecule has 0 saturated carbocycles. The molecule has 1 aliphatic rings.